The molecule has 0 spiro atoms. The van der Waals surface area contributed by atoms with Crippen molar-refractivity contribution < 1.29 is 8.42 Å². The van der Waals surface area contributed by atoms with E-state index >= 15 is 0 Å². The first-order valence-electron chi connectivity index (χ1n) is 11.1. The molecular formula is C27H31N3O2S. The van der Waals surface area contributed by atoms with E-state index in [0.717, 1.165) is 16.7 Å². The lowest BCUT2D eigenvalue weighted by Gasteiger charge is -2.37. The van der Waals surface area contributed by atoms with Crippen molar-refractivity contribution in [2.45, 2.75) is 50.8 Å². The standard InChI is InChI=1S/C27H31N3O2S/c1-21(2)27(26(18-28)29-33(31,32)25-16-14-22(3)15-17-25)30(19-23-10-6-4-7-11-23)20-24-12-8-5-9-13-24/h4-17,21,26-27,29H,19-20H2,1-3H3/t26-,27+/m1/s1. The van der Waals surface area contributed by atoms with E-state index in [2.05, 4.69) is 15.7 Å². The number of aryl methyl sites for hydroxylation is 1. The number of hydrogen-bond acceptors (Lipinski definition) is 4. The molecule has 0 aromatic heterocycles. The second-order valence-corrected chi connectivity index (χ2v) is 10.4. The normalized spacial score (nSPS) is 13.6. The molecule has 0 aliphatic rings. The second kappa shape index (κ2) is 11.2. The quantitative estimate of drug-likeness (QED) is 0.466. The SMILES string of the molecule is Cc1ccc(S(=O)(=O)N[C@H](C#N)[C@H](C(C)C)N(Cc2ccccc2)Cc2ccccc2)cc1. The molecule has 1 N–H and O–H groups in total. The molecule has 6 heteroatoms. The molecule has 3 aromatic carbocycles. The van der Waals surface area contributed by atoms with Crippen LogP contribution in [0.25, 0.3) is 0 Å². The first kappa shape index (κ1) is 24.7. The van der Waals surface area contributed by atoms with Crippen LogP contribution in [0.2, 0.25) is 0 Å². The zero-order valence-corrected chi connectivity index (χ0v) is 20.2. The van der Waals surface area contributed by atoms with Gasteiger partial charge >= 0.3 is 0 Å². The lowest BCUT2D eigenvalue weighted by molar-refractivity contribution is 0.123. The highest BCUT2D eigenvalue weighted by molar-refractivity contribution is 7.89. The molecule has 0 fully saturated rings. The summed E-state index contributed by atoms with van der Waals surface area (Å²) >= 11 is 0. The van der Waals surface area contributed by atoms with Gasteiger partial charge in [-0.3, -0.25) is 4.90 Å². The molecule has 172 valence electrons. The highest BCUT2D eigenvalue weighted by Crippen LogP contribution is 2.23. The molecule has 0 saturated heterocycles. The van der Waals surface area contributed by atoms with Gasteiger partial charge < -0.3 is 0 Å². The number of hydrogen-bond donors (Lipinski definition) is 1. The van der Waals surface area contributed by atoms with Crippen molar-refractivity contribution >= 4 is 10.0 Å². The fourth-order valence-corrected chi connectivity index (χ4v) is 5.20. The first-order valence-corrected chi connectivity index (χ1v) is 12.6. The van der Waals surface area contributed by atoms with Gasteiger partial charge in [0.25, 0.3) is 0 Å². The van der Waals surface area contributed by atoms with Crippen molar-refractivity contribution in [1.82, 2.24) is 9.62 Å². The van der Waals surface area contributed by atoms with Crippen LogP contribution >= 0.6 is 0 Å². The van der Waals surface area contributed by atoms with Gasteiger partial charge in [0.15, 0.2) is 0 Å². The molecule has 33 heavy (non-hydrogen) atoms. The Morgan fingerprint density at radius 2 is 1.33 bits per heavy atom. The monoisotopic (exact) mass is 461 g/mol. The number of benzene rings is 3. The predicted octanol–water partition coefficient (Wildman–Crippen LogP) is 4.89. The molecular weight excluding hydrogens is 430 g/mol. The van der Waals surface area contributed by atoms with Crippen molar-refractivity contribution in [3.05, 3.63) is 102 Å². The van der Waals surface area contributed by atoms with Crippen LogP contribution in [0.4, 0.5) is 0 Å². The molecule has 0 heterocycles. The maximum absolute atomic E-state index is 13.1. The van der Waals surface area contributed by atoms with Gasteiger partial charge in [-0.15, -0.1) is 0 Å². The Kier molecular flexibility index (Phi) is 8.40. The maximum atomic E-state index is 13.1. The maximum Gasteiger partial charge on any atom is 0.241 e. The van der Waals surface area contributed by atoms with Crippen LogP contribution in [0, 0.1) is 24.2 Å². The summed E-state index contributed by atoms with van der Waals surface area (Å²) in [5.41, 5.74) is 3.19. The van der Waals surface area contributed by atoms with E-state index in [9.17, 15) is 13.7 Å². The molecule has 0 bridgehead atoms. The molecule has 0 unspecified atom stereocenters. The lowest BCUT2D eigenvalue weighted by atomic mass is 9.94. The van der Waals surface area contributed by atoms with Crippen LogP contribution in [0.5, 0.6) is 0 Å². The van der Waals surface area contributed by atoms with Crippen LogP contribution in [-0.2, 0) is 23.1 Å². The third-order valence-corrected chi connectivity index (χ3v) is 7.11. The minimum absolute atomic E-state index is 0.0304. The molecule has 0 aliphatic carbocycles. The number of nitriles is 1. The average molecular weight is 462 g/mol. The smallest absolute Gasteiger partial charge is 0.241 e. The van der Waals surface area contributed by atoms with Gasteiger partial charge in [-0.2, -0.15) is 9.98 Å². The van der Waals surface area contributed by atoms with Crippen molar-refractivity contribution in [2.24, 2.45) is 5.92 Å². The van der Waals surface area contributed by atoms with Gasteiger partial charge in [0, 0.05) is 19.1 Å². The number of rotatable bonds is 10. The molecule has 0 radical (unpaired) electrons. The Morgan fingerprint density at radius 1 is 0.848 bits per heavy atom. The fourth-order valence-electron chi connectivity index (χ4n) is 4.04. The Bertz CT molecular complexity index is 1110. The Labute approximate surface area is 197 Å². The Hall–Kier alpha value is -2.98. The van der Waals surface area contributed by atoms with Gasteiger partial charge in [0.1, 0.15) is 6.04 Å². The van der Waals surface area contributed by atoms with E-state index < -0.39 is 16.1 Å². The summed E-state index contributed by atoms with van der Waals surface area (Å²) in [4.78, 5) is 2.36. The number of sulfonamides is 1. The van der Waals surface area contributed by atoms with Crippen molar-refractivity contribution in [3.8, 4) is 6.07 Å². The molecule has 3 rings (SSSR count). The van der Waals surface area contributed by atoms with Crippen LogP contribution in [-0.4, -0.2) is 25.4 Å². The third-order valence-electron chi connectivity index (χ3n) is 5.66. The van der Waals surface area contributed by atoms with Crippen molar-refractivity contribution in [2.75, 3.05) is 0 Å². The van der Waals surface area contributed by atoms with Gasteiger partial charge in [-0.1, -0.05) is 92.2 Å². The molecule has 0 aliphatic heterocycles. The van der Waals surface area contributed by atoms with Gasteiger partial charge in [0.05, 0.1) is 11.0 Å². The van der Waals surface area contributed by atoms with Crippen LogP contribution < -0.4 is 4.72 Å². The molecule has 3 aromatic rings. The second-order valence-electron chi connectivity index (χ2n) is 8.65. The predicted molar refractivity (Wildman–Crippen MR) is 132 cm³/mol. The van der Waals surface area contributed by atoms with E-state index in [4.69, 9.17) is 0 Å². The molecule has 0 amide bonds. The average Bonchev–Trinajstić information content (AvgIpc) is 2.80. The van der Waals surface area contributed by atoms with Gasteiger partial charge in [-0.05, 0) is 36.1 Å². The summed E-state index contributed by atoms with van der Waals surface area (Å²) in [6, 6.07) is 27.7. The molecule has 2 atom stereocenters. The van der Waals surface area contributed by atoms with E-state index in [0.29, 0.717) is 13.1 Å². The minimum Gasteiger partial charge on any atom is -0.289 e. The zero-order chi connectivity index (χ0) is 23.8. The lowest BCUT2D eigenvalue weighted by Crippen LogP contribution is -2.53. The van der Waals surface area contributed by atoms with Crippen LogP contribution in [0.1, 0.15) is 30.5 Å². The van der Waals surface area contributed by atoms with Gasteiger partial charge in [0.2, 0.25) is 10.0 Å². The number of nitrogens with one attached hydrogen (secondary N) is 1. The van der Waals surface area contributed by atoms with Crippen molar-refractivity contribution in [1.29, 1.82) is 5.26 Å². The van der Waals surface area contributed by atoms with Crippen LogP contribution in [0.3, 0.4) is 0 Å². The van der Waals surface area contributed by atoms with Crippen LogP contribution in [0.15, 0.2) is 89.8 Å². The summed E-state index contributed by atoms with van der Waals surface area (Å²) < 4.78 is 28.9. The van der Waals surface area contributed by atoms with E-state index in [1.54, 1.807) is 24.3 Å². The third kappa shape index (κ3) is 6.75. The fraction of sp³-hybridized carbons (Fsp3) is 0.296. The van der Waals surface area contributed by atoms with E-state index in [-0.39, 0.29) is 16.9 Å². The Balaban J connectivity index is 1.94. The highest BCUT2D eigenvalue weighted by atomic mass is 32.2. The van der Waals surface area contributed by atoms with Gasteiger partial charge in [-0.25, -0.2) is 8.42 Å². The van der Waals surface area contributed by atoms with Crippen molar-refractivity contribution in [3.63, 3.8) is 0 Å². The number of nitrogens with zero attached hydrogens (tertiary/aromatic N) is 2. The summed E-state index contributed by atoms with van der Waals surface area (Å²) in [5, 5.41) is 10.1. The summed E-state index contributed by atoms with van der Waals surface area (Å²) in [6.45, 7) is 7.16. The van der Waals surface area contributed by atoms with E-state index in [1.807, 2.05) is 81.4 Å². The summed E-state index contributed by atoms with van der Waals surface area (Å²) in [6.07, 6.45) is 0. The molecule has 5 nitrogen and oxygen atoms in total. The Morgan fingerprint density at radius 3 is 1.76 bits per heavy atom. The largest absolute Gasteiger partial charge is 0.289 e. The topological polar surface area (TPSA) is 73.2 Å². The summed E-state index contributed by atoms with van der Waals surface area (Å²) in [7, 11) is -3.85. The zero-order valence-electron chi connectivity index (χ0n) is 19.3. The molecule has 0 saturated carbocycles. The minimum atomic E-state index is -3.85. The van der Waals surface area contributed by atoms with E-state index in [1.165, 1.54) is 0 Å². The highest BCUT2D eigenvalue weighted by Gasteiger charge is 2.34. The summed E-state index contributed by atoms with van der Waals surface area (Å²) in [5.74, 6) is 0.0304. The first-order chi connectivity index (χ1) is 15.8.